The molecule has 0 aromatic rings. The van der Waals surface area contributed by atoms with E-state index in [2.05, 4.69) is 0 Å². The van der Waals surface area contributed by atoms with Gasteiger partial charge in [-0.05, 0) is 13.5 Å². The van der Waals surface area contributed by atoms with Crippen molar-refractivity contribution >= 4 is 10.1 Å². The highest BCUT2D eigenvalue weighted by molar-refractivity contribution is 7.85. The summed E-state index contributed by atoms with van der Waals surface area (Å²) in [5, 5.41) is 9.51. The Morgan fingerprint density at radius 1 is 1.50 bits per heavy atom. The van der Waals surface area contributed by atoms with Crippen LogP contribution in [0.4, 0.5) is 0 Å². The molecule has 0 spiro atoms. The van der Waals surface area contributed by atoms with Crippen LogP contribution in [0.15, 0.2) is 0 Å². The maximum absolute atomic E-state index is 10.5. The molecule has 2 atom stereocenters. The van der Waals surface area contributed by atoms with Gasteiger partial charge in [0.2, 0.25) is 0 Å². The molecule has 2 unspecified atom stereocenters. The number of aliphatic hydroxyl groups is 1. The minimum Gasteiger partial charge on any atom is -0.377 e. The van der Waals surface area contributed by atoms with Crippen LogP contribution in [0.1, 0.15) is 13.3 Å². The summed E-state index contributed by atoms with van der Waals surface area (Å²) in [5.41, 5.74) is 5.40. The lowest BCUT2D eigenvalue weighted by molar-refractivity contribution is 0.00696. The number of rotatable bonds is 6. The van der Waals surface area contributed by atoms with Gasteiger partial charge >= 0.3 is 0 Å². The largest absolute Gasteiger partial charge is 0.377 e. The highest BCUT2D eigenvalue weighted by Gasteiger charge is 2.23. The van der Waals surface area contributed by atoms with Crippen molar-refractivity contribution in [1.29, 1.82) is 0 Å². The van der Waals surface area contributed by atoms with Crippen LogP contribution in [0.5, 0.6) is 0 Å². The van der Waals surface area contributed by atoms with Gasteiger partial charge in [0, 0.05) is 6.54 Å². The first-order chi connectivity index (χ1) is 6.28. The fraction of sp³-hybridized carbons (Fsp3) is 1.00. The van der Waals surface area contributed by atoms with E-state index in [1.807, 2.05) is 6.92 Å². The van der Waals surface area contributed by atoms with Gasteiger partial charge in [0.25, 0.3) is 10.1 Å². The fourth-order valence-electron chi connectivity index (χ4n) is 1.14. The third-order valence-electron chi connectivity index (χ3n) is 1.81. The van der Waals surface area contributed by atoms with Crippen LogP contribution in [0, 0.1) is 0 Å². The van der Waals surface area contributed by atoms with E-state index < -0.39 is 28.1 Å². The van der Waals surface area contributed by atoms with Crippen molar-refractivity contribution in [3.8, 4) is 0 Å². The van der Waals surface area contributed by atoms with E-state index >= 15 is 0 Å². The van der Waals surface area contributed by atoms with Gasteiger partial charge in [0.05, 0.1) is 11.8 Å². The zero-order valence-corrected chi connectivity index (χ0v) is 9.24. The van der Waals surface area contributed by atoms with Gasteiger partial charge in [0.1, 0.15) is 6.23 Å². The zero-order valence-electron chi connectivity index (χ0n) is 8.42. The molecule has 0 aliphatic rings. The van der Waals surface area contributed by atoms with Gasteiger partial charge in [0.15, 0.2) is 0 Å². The number of aliphatic hydroxyl groups excluding tert-OH is 1. The number of hydrogen-bond donors (Lipinski definition) is 3. The molecule has 0 aromatic heterocycles. The summed E-state index contributed by atoms with van der Waals surface area (Å²) >= 11 is 0. The molecule has 4 N–H and O–H groups in total. The van der Waals surface area contributed by atoms with E-state index in [4.69, 9.17) is 10.3 Å². The molecule has 0 amide bonds. The third kappa shape index (κ3) is 5.51. The molecule has 0 aliphatic heterocycles. The lowest BCUT2D eigenvalue weighted by Gasteiger charge is -2.27. The Morgan fingerprint density at radius 2 is 2.00 bits per heavy atom. The van der Waals surface area contributed by atoms with Crippen molar-refractivity contribution in [3.05, 3.63) is 0 Å². The molecule has 0 heterocycles. The van der Waals surface area contributed by atoms with Gasteiger partial charge in [-0.2, -0.15) is 8.42 Å². The van der Waals surface area contributed by atoms with Crippen LogP contribution >= 0.6 is 0 Å². The molecule has 86 valence electrons. The number of hydrogen-bond acceptors (Lipinski definition) is 5. The van der Waals surface area contributed by atoms with Crippen LogP contribution < -0.4 is 5.73 Å². The zero-order chi connectivity index (χ0) is 11.4. The first-order valence-electron chi connectivity index (χ1n) is 4.37. The highest BCUT2D eigenvalue weighted by atomic mass is 32.2. The molecule has 0 radical (unpaired) electrons. The van der Waals surface area contributed by atoms with E-state index in [0.717, 1.165) is 6.42 Å². The standard InChI is InChI=1S/C7H18N2O4S/c1-3-4-9(2)7(10)6(8)5-14(11,12)13/h6-7,10H,3-5,8H2,1-2H3,(H,11,12,13). The summed E-state index contributed by atoms with van der Waals surface area (Å²) in [7, 11) is -2.49. The first kappa shape index (κ1) is 13.8. The van der Waals surface area contributed by atoms with E-state index in [-0.39, 0.29) is 0 Å². The van der Waals surface area contributed by atoms with E-state index in [0.29, 0.717) is 6.54 Å². The second kappa shape index (κ2) is 5.62. The second-order valence-electron chi connectivity index (χ2n) is 3.31. The molecule has 14 heavy (non-hydrogen) atoms. The Morgan fingerprint density at radius 3 is 2.36 bits per heavy atom. The molecular weight excluding hydrogens is 208 g/mol. The third-order valence-corrected chi connectivity index (χ3v) is 2.62. The molecule has 7 heteroatoms. The molecule has 0 bridgehead atoms. The average molecular weight is 226 g/mol. The monoisotopic (exact) mass is 226 g/mol. The van der Waals surface area contributed by atoms with Crippen molar-refractivity contribution in [2.45, 2.75) is 25.6 Å². The normalized spacial score (nSPS) is 17.0. The molecular formula is C7H18N2O4S. The van der Waals surface area contributed by atoms with Crippen LogP contribution in [0.3, 0.4) is 0 Å². The predicted octanol–water partition coefficient (Wildman–Crippen LogP) is -1.14. The van der Waals surface area contributed by atoms with Crippen molar-refractivity contribution in [2.24, 2.45) is 5.73 Å². The van der Waals surface area contributed by atoms with Crippen molar-refractivity contribution in [3.63, 3.8) is 0 Å². The summed E-state index contributed by atoms with van der Waals surface area (Å²) < 4.78 is 29.5. The Labute approximate surface area is 84.5 Å². The van der Waals surface area contributed by atoms with Gasteiger partial charge < -0.3 is 10.8 Å². The Kier molecular flexibility index (Phi) is 5.53. The van der Waals surface area contributed by atoms with Gasteiger partial charge in [-0.3, -0.25) is 9.45 Å². The number of likely N-dealkylation sites (N-methyl/N-ethyl adjacent to an activating group) is 1. The fourth-order valence-corrected chi connectivity index (χ4v) is 1.80. The minimum atomic E-state index is -4.13. The predicted molar refractivity (Wildman–Crippen MR) is 53.3 cm³/mol. The average Bonchev–Trinajstić information content (AvgIpc) is 2.00. The van der Waals surface area contributed by atoms with Gasteiger partial charge in [-0.25, -0.2) is 0 Å². The van der Waals surface area contributed by atoms with E-state index in [9.17, 15) is 13.5 Å². The Hall–Kier alpha value is -0.210. The topological polar surface area (TPSA) is 104 Å². The van der Waals surface area contributed by atoms with Gasteiger partial charge in [-0.1, -0.05) is 6.92 Å². The van der Waals surface area contributed by atoms with Crippen molar-refractivity contribution < 1.29 is 18.1 Å². The molecule has 0 fully saturated rings. The van der Waals surface area contributed by atoms with Gasteiger partial charge in [-0.15, -0.1) is 0 Å². The van der Waals surface area contributed by atoms with Crippen molar-refractivity contribution in [1.82, 2.24) is 4.90 Å². The summed E-state index contributed by atoms with van der Waals surface area (Å²) in [4.78, 5) is 1.54. The quantitative estimate of drug-likeness (QED) is 0.391. The lowest BCUT2D eigenvalue weighted by atomic mass is 10.3. The summed E-state index contributed by atoms with van der Waals surface area (Å²) in [6.45, 7) is 2.54. The minimum absolute atomic E-state index is 0.611. The van der Waals surface area contributed by atoms with Crippen LogP contribution in [-0.4, -0.2) is 54.6 Å². The summed E-state index contributed by atoms with van der Waals surface area (Å²) in [6, 6.07) is -0.999. The van der Waals surface area contributed by atoms with E-state index in [1.165, 1.54) is 4.90 Å². The maximum Gasteiger partial charge on any atom is 0.266 e. The second-order valence-corrected chi connectivity index (χ2v) is 4.80. The van der Waals surface area contributed by atoms with Crippen LogP contribution in [0.25, 0.3) is 0 Å². The molecule has 0 saturated heterocycles. The van der Waals surface area contributed by atoms with Crippen molar-refractivity contribution in [2.75, 3.05) is 19.3 Å². The molecule has 0 saturated carbocycles. The van der Waals surface area contributed by atoms with E-state index in [1.54, 1.807) is 7.05 Å². The van der Waals surface area contributed by atoms with Crippen LogP contribution in [-0.2, 0) is 10.1 Å². The summed E-state index contributed by atoms with van der Waals surface area (Å²) in [6.07, 6.45) is -0.233. The molecule has 0 aliphatic carbocycles. The van der Waals surface area contributed by atoms with Crippen LogP contribution in [0.2, 0.25) is 0 Å². The highest BCUT2D eigenvalue weighted by Crippen LogP contribution is 2.00. The number of nitrogens with zero attached hydrogens (tertiary/aromatic N) is 1. The summed E-state index contributed by atoms with van der Waals surface area (Å²) in [5.74, 6) is -0.637. The maximum atomic E-state index is 10.5. The molecule has 0 aromatic carbocycles. The number of nitrogens with two attached hydrogens (primary N) is 1. The molecule has 0 rings (SSSR count). The Balaban J connectivity index is 4.18. The SMILES string of the molecule is CCCN(C)C(O)C(N)CS(=O)(=O)O. The molecule has 6 nitrogen and oxygen atoms in total. The first-order valence-corrected chi connectivity index (χ1v) is 5.98. The Bertz CT molecular complexity index is 254. The smallest absolute Gasteiger partial charge is 0.266 e. The lowest BCUT2D eigenvalue weighted by Crippen LogP contribution is -2.49.